The number of aryl methyl sites for hydroxylation is 1. The van der Waals surface area contributed by atoms with Crippen molar-refractivity contribution in [3.8, 4) is 0 Å². The van der Waals surface area contributed by atoms with E-state index in [1.165, 1.54) is 6.26 Å². The molecule has 0 unspecified atom stereocenters. The molecule has 1 atom stereocenters. The highest BCUT2D eigenvalue weighted by molar-refractivity contribution is 5.92. The summed E-state index contributed by atoms with van der Waals surface area (Å²) in [6, 6.07) is 0. The van der Waals surface area contributed by atoms with Crippen LogP contribution in [0.2, 0.25) is 0 Å². The number of carbonyl (C=O) groups excluding carboxylic acids is 1. The van der Waals surface area contributed by atoms with E-state index < -0.39 is 0 Å². The molecule has 24 heavy (non-hydrogen) atoms. The van der Waals surface area contributed by atoms with E-state index >= 15 is 0 Å². The van der Waals surface area contributed by atoms with E-state index in [0.29, 0.717) is 17.5 Å². The van der Waals surface area contributed by atoms with Crippen molar-refractivity contribution in [3.63, 3.8) is 0 Å². The molecule has 0 saturated carbocycles. The Morgan fingerprint density at radius 2 is 2.21 bits per heavy atom. The topological polar surface area (TPSA) is 84.2 Å². The maximum Gasteiger partial charge on any atom is 0.275 e. The third-order valence-electron chi connectivity index (χ3n) is 4.43. The molecule has 1 aliphatic rings. The number of hydrogen-bond acceptors (Lipinski definition) is 6. The van der Waals surface area contributed by atoms with Crippen LogP contribution in [-0.2, 0) is 6.42 Å². The van der Waals surface area contributed by atoms with Crippen LogP contribution >= 0.6 is 0 Å². The summed E-state index contributed by atoms with van der Waals surface area (Å²) in [7, 11) is 1.83. The van der Waals surface area contributed by atoms with E-state index in [1.807, 2.05) is 18.1 Å². The standard InChI is InChI=1S/C17H23N5O2/c1-12-21-15(11-24-12)17(23)22-6-3-4-13(5-7-22)8-14-9-20-16(18-2)10-19-14/h9-11,13H,3-8H2,1-2H3,(H,18,20)/t13-/m1/s1. The number of aromatic nitrogens is 3. The molecule has 1 amide bonds. The van der Waals surface area contributed by atoms with Gasteiger partial charge in [-0.05, 0) is 31.6 Å². The second-order valence-corrected chi connectivity index (χ2v) is 6.19. The van der Waals surface area contributed by atoms with Crippen LogP contribution in [0.25, 0.3) is 0 Å². The summed E-state index contributed by atoms with van der Waals surface area (Å²) in [4.78, 5) is 27.3. The molecule has 3 rings (SSSR count). The highest BCUT2D eigenvalue weighted by atomic mass is 16.3. The Bertz CT molecular complexity index is 683. The third-order valence-corrected chi connectivity index (χ3v) is 4.43. The van der Waals surface area contributed by atoms with Crippen molar-refractivity contribution >= 4 is 11.7 Å². The number of likely N-dealkylation sites (tertiary alicyclic amines) is 1. The Labute approximate surface area is 141 Å². The van der Waals surface area contributed by atoms with E-state index in [2.05, 4.69) is 20.3 Å². The van der Waals surface area contributed by atoms with Gasteiger partial charge in [0.25, 0.3) is 5.91 Å². The SMILES string of the molecule is CNc1cnc(C[C@@H]2CCCN(C(=O)c3coc(C)n3)CC2)cn1. The molecule has 2 aromatic rings. The first-order chi connectivity index (χ1) is 11.7. The first kappa shape index (κ1) is 16.4. The molecule has 0 radical (unpaired) electrons. The van der Waals surface area contributed by atoms with Crippen molar-refractivity contribution in [2.45, 2.75) is 32.6 Å². The summed E-state index contributed by atoms with van der Waals surface area (Å²) in [5.41, 5.74) is 1.41. The fourth-order valence-corrected chi connectivity index (χ4v) is 3.08. The van der Waals surface area contributed by atoms with Crippen LogP contribution in [0.1, 0.15) is 41.3 Å². The maximum absolute atomic E-state index is 12.5. The lowest BCUT2D eigenvalue weighted by atomic mass is 9.95. The van der Waals surface area contributed by atoms with E-state index in [4.69, 9.17) is 4.42 Å². The molecule has 0 bridgehead atoms. The zero-order valence-electron chi connectivity index (χ0n) is 14.2. The van der Waals surface area contributed by atoms with Gasteiger partial charge in [0.2, 0.25) is 0 Å². The van der Waals surface area contributed by atoms with Gasteiger partial charge in [0.15, 0.2) is 11.6 Å². The number of anilines is 1. The van der Waals surface area contributed by atoms with Crippen LogP contribution in [0, 0.1) is 12.8 Å². The second kappa shape index (κ2) is 7.42. The van der Waals surface area contributed by atoms with E-state index in [1.54, 1.807) is 13.1 Å². The summed E-state index contributed by atoms with van der Waals surface area (Å²) >= 11 is 0. The molecule has 7 heteroatoms. The van der Waals surface area contributed by atoms with Gasteiger partial charge >= 0.3 is 0 Å². The summed E-state index contributed by atoms with van der Waals surface area (Å²) in [5.74, 6) is 1.79. The van der Waals surface area contributed by atoms with Gasteiger partial charge < -0.3 is 14.6 Å². The zero-order valence-corrected chi connectivity index (χ0v) is 14.2. The molecular weight excluding hydrogens is 306 g/mol. The minimum atomic E-state index is -0.0364. The molecule has 128 valence electrons. The maximum atomic E-state index is 12.5. The van der Waals surface area contributed by atoms with Crippen LogP contribution in [0.3, 0.4) is 0 Å². The molecule has 0 spiro atoms. The molecule has 0 aromatic carbocycles. The quantitative estimate of drug-likeness (QED) is 0.926. The van der Waals surface area contributed by atoms with Crippen molar-refractivity contribution in [2.24, 2.45) is 5.92 Å². The Morgan fingerprint density at radius 1 is 1.33 bits per heavy atom. The van der Waals surface area contributed by atoms with Crippen molar-refractivity contribution in [2.75, 3.05) is 25.5 Å². The van der Waals surface area contributed by atoms with Gasteiger partial charge in [0.05, 0.1) is 18.1 Å². The Morgan fingerprint density at radius 3 is 2.88 bits per heavy atom. The number of oxazole rings is 1. The van der Waals surface area contributed by atoms with Crippen LogP contribution in [-0.4, -0.2) is 45.9 Å². The summed E-state index contributed by atoms with van der Waals surface area (Å²) in [6.45, 7) is 3.26. The molecule has 1 saturated heterocycles. The normalized spacial score (nSPS) is 18.2. The summed E-state index contributed by atoms with van der Waals surface area (Å²) < 4.78 is 5.15. The van der Waals surface area contributed by atoms with Crippen LogP contribution in [0.15, 0.2) is 23.1 Å². The molecule has 1 aliphatic heterocycles. The predicted molar refractivity (Wildman–Crippen MR) is 89.8 cm³/mol. The van der Waals surface area contributed by atoms with Gasteiger partial charge in [-0.3, -0.25) is 9.78 Å². The van der Waals surface area contributed by atoms with Crippen LogP contribution < -0.4 is 5.32 Å². The highest BCUT2D eigenvalue weighted by Crippen LogP contribution is 2.22. The molecule has 2 aromatic heterocycles. The van der Waals surface area contributed by atoms with Gasteiger partial charge in [-0.1, -0.05) is 0 Å². The molecule has 1 N–H and O–H groups in total. The van der Waals surface area contributed by atoms with Gasteiger partial charge in [0, 0.05) is 27.1 Å². The first-order valence-corrected chi connectivity index (χ1v) is 8.36. The molecule has 7 nitrogen and oxygen atoms in total. The first-order valence-electron chi connectivity index (χ1n) is 8.36. The number of amides is 1. The second-order valence-electron chi connectivity index (χ2n) is 6.19. The van der Waals surface area contributed by atoms with Gasteiger partial charge in [0.1, 0.15) is 12.1 Å². The summed E-state index contributed by atoms with van der Waals surface area (Å²) in [6.07, 6.45) is 9.00. The number of carbonyl (C=O) groups is 1. The van der Waals surface area contributed by atoms with E-state index in [-0.39, 0.29) is 5.91 Å². The Balaban J connectivity index is 1.57. The van der Waals surface area contributed by atoms with E-state index in [0.717, 1.165) is 50.3 Å². The Hall–Kier alpha value is -2.44. The van der Waals surface area contributed by atoms with Gasteiger partial charge in [-0.25, -0.2) is 9.97 Å². The summed E-state index contributed by atoms with van der Waals surface area (Å²) in [5, 5.41) is 2.97. The Kier molecular flexibility index (Phi) is 5.08. The van der Waals surface area contributed by atoms with E-state index in [9.17, 15) is 4.79 Å². The molecule has 1 fully saturated rings. The molecule has 0 aliphatic carbocycles. The number of nitrogens with zero attached hydrogens (tertiary/aromatic N) is 4. The average Bonchev–Trinajstić information content (AvgIpc) is 2.90. The largest absolute Gasteiger partial charge is 0.448 e. The lowest BCUT2D eigenvalue weighted by Crippen LogP contribution is -2.32. The monoisotopic (exact) mass is 329 g/mol. The van der Waals surface area contributed by atoms with Crippen molar-refractivity contribution in [1.82, 2.24) is 19.9 Å². The van der Waals surface area contributed by atoms with Crippen molar-refractivity contribution in [3.05, 3.63) is 35.9 Å². The van der Waals surface area contributed by atoms with Crippen molar-refractivity contribution < 1.29 is 9.21 Å². The van der Waals surface area contributed by atoms with Gasteiger partial charge in [-0.2, -0.15) is 0 Å². The lowest BCUT2D eigenvalue weighted by Gasteiger charge is -2.19. The number of hydrogen-bond donors (Lipinski definition) is 1. The number of nitrogens with one attached hydrogen (secondary N) is 1. The fourth-order valence-electron chi connectivity index (χ4n) is 3.08. The van der Waals surface area contributed by atoms with Crippen molar-refractivity contribution in [1.29, 1.82) is 0 Å². The average molecular weight is 329 g/mol. The molecular formula is C17H23N5O2. The minimum Gasteiger partial charge on any atom is -0.448 e. The number of rotatable bonds is 4. The van der Waals surface area contributed by atoms with Crippen LogP contribution in [0.4, 0.5) is 5.82 Å². The third kappa shape index (κ3) is 3.90. The zero-order chi connectivity index (χ0) is 16.9. The van der Waals surface area contributed by atoms with Gasteiger partial charge in [-0.15, -0.1) is 0 Å². The molecule has 3 heterocycles. The highest BCUT2D eigenvalue weighted by Gasteiger charge is 2.23. The fraction of sp³-hybridized carbons (Fsp3) is 0.529. The smallest absolute Gasteiger partial charge is 0.275 e. The van der Waals surface area contributed by atoms with Crippen LogP contribution in [0.5, 0.6) is 0 Å². The lowest BCUT2D eigenvalue weighted by molar-refractivity contribution is 0.0754. The predicted octanol–water partition coefficient (Wildman–Crippen LogP) is 2.30. The minimum absolute atomic E-state index is 0.0364.